The van der Waals surface area contributed by atoms with E-state index < -0.39 is 17.4 Å². The fourth-order valence-electron chi connectivity index (χ4n) is 5.41. The summed E-state index contributed by atoms with van der Waals surface area (Å²) < 4.78 is 7.43. The zero-order valence-electron chi connectivity index (χ0n) is 23.5. The van der Waals surface area contributed by atoms with Crippen LogP contribution in [0.15, 0.2) is 6.20 Å². The van der Waals surface area contributed by atoms with Gasteiger partial charge in [0.05, 0.1) is 11.6 Å². The SMILES string of the molecule is CC(C)n1ncc2c(N[C@H]3CCCN(C(=O)OC(C)(C)C)C3)nc(N3C[C@@H](CC(N)=O)[C@H](CC(N)=O)C3)nc21. The lowest BCUT2D eigenvalue weighted by atomic mass is 9.90. The fraction of sp³-hybridized carbons (Fsp3) is 0.692. The summed E-state index contributed by atoms with van der Waals surface area (Å²) in [5.41, 5.74) is 11.1. The minimum Gasteiger partial charge on any atom is -0.444 e. The molecule has 3 amide bonds. The first-order valence-electron chi connectivity index (χ1n) is 13.6. The van der Waals surface area contributed by atoms with E-state index in [2.05, 4.69) is 10.4 Å². The third-order valence-electron chi connectivity index (χ3n) is 7.13. The molecule has 39 heavy (non-hydrogen) atoms. The van der Waals surface area contributed by atoms with Crippen LogP contribution in [-0.2, 0) is 14.3 Å². The van der Waals surface area contributed by atoms with E-state index in [0.717, 1.165) is 18.2 Å². The molecule has 214 valence electrons. The van der Waals surface area contributed by atoms with Gasteiger partial charge >= 0.3 is 6.09 Å². The van der Waals surface area contributed by atoms with E-state index >= 15 is 0 Å². The molecule has 13 nitrogen and oxygen atoms in total. The van der Waals surface area contributed by atoms with E-state index in [0.29, 0.717) is 43.6 Å². The van der Waals surface area contributed by atoms with Crippen LogP contribution < -0.4 is 21.7 Å². The number of rotatable bonds is 8. The van der Waals surface area contributed by atoms with E-state index in [1.165, 1.54) is 0 Å². The summed E-state index contributed by atoms with van der Waals surface area (Å²) in [6.45, 7) is 11.7. The Morgan fingerprint density at radius 1 is 1.08 bits per heavy atom. The van der Waals surface area contributed by atoms with E-state index in [-0.39, 0.29) is 42.9 Å². The highest BCUT2D eigenvalue weighted by atomic mass is 16.6. The van der Waals surface area contributed by atoms with Crippen LogP contribution in [0, 0.1) is 11.8 Å². The first kappa shape index (κ1) is 28.4. The first-order chi connectivity index (χ1) is 18.3. The van der Waals surface area contributed by atoms with Crippen molar-refractivity contribution in [2.45, 2.75) is 78.0 Å². The lowest BCUT2D eigenvalue weighted by Gasteiger charge is -2.34. The maximum atomic E-state index is 12.7. The molecule has 4 heterocycles. The van der Waals surface area contributed by atoms with Crippen molar-refractivity contribution < 1.29 is 19.1 Å². The normalized spacial score (nSPS) is 21.9. The van der Waals surface area contributed by atoms with Crippen molar-refractivity contribution in [2.24, 2.45) is 23.3 Å². The summed E-state index contributed by atoms with van der Waals surface area (Å²) in [6, 6.07) is 0.0302. The van der Waals surface area contributed by atoms with Gasteiger partial charge in [-0.15, -0.1) is 0 Å². The number of aromatic nitrogens is 4. The number of piperidine rings is 1. The molecule has 0 unspecified atom stereocenters. The Morgan fingerprint density at radius 2 is 1.72 bits per heavy atom. The highest BCUT2D eigenvalue weighted by Crippen LogP contribution is 2.34. The second-order valence-electron chi connectivity index (χ2n) is 12.0. The van der Waals surface area contributed by atoms with Crippen molar-refractivity contribution in [3.63, 3.8) is 0 Å². The van der Waals surface area contributed by atoms with Crippen LogP contribution >= 0.6 is 0 Å². The van der Waals surface area contributed by atoms with Crippen molar-refractivity contribution in [1.29, 1.82) is 0 Å². The predicted octanol–water partition coefficient (Wildman–Crippen LogP) is 2.02. The molecule has 0 aromatic carbocycles. The predicted molar refractivity (Wildman–Crippen MR) is 147 cm³/mol. The van der Waals surface area contributed by atoms with Crippen LogP contribution in [0.3, 0.4) is 0 Å². The van der Waals surface area contributed by atoms with Crippen LogP contribution in [0.2, 0.25) is 0 Å². The van der Waals surface area contributed by atoms with Gasteiger partial charge in [-0.2, -0.15) is 15.1 Å². The maximum Gasteiger partial charge on any atom is 0.410 e. The van der Waals surface area contributed by atoms with Crippen LogP contribution in [0.25, 0.3) is 11.0 Å². The molecule has 0 aliphatic carbocycles. The highest BCUT2D eigenvalue weighted by molar-refractivity contribution is 5.88. The first-order valence-corrected chi connectivity index (χ1v) is 13.6. The molecule has 2 aromatic heterocycles. The fourth-order valence-corrected chi connectivity index (χ4v) is 5.41. The molecule has 0 spiro atoms. The molecule has 2 aliphatic rings. The number of anilines is 2. The number of primary amides is 2. The number of hydrogen-bond donors (Lipinski definition) is 3. The third-order valence-corrected chi connectivity index (χ3v) is 7.13. The van der Waals surface area contributed by atoms with Crippen LogP contribution in [-0.4, -0.2) is 80.4 Å². The summed E-state index contributed by atoms with van der Waals surface area (Å²) in [7, 11) is 0. The van der Waals surface area contributed by atoms with Crippen molar-refractivity contribution >= 4 is 40.7 Å². The molecule has 2 fully saturated rings. The van der Waals surface area contributed by atoms with Crippen LogP contribution in [0.5, 0.6) is 0 Å². The van der Waals surface area contributed by atoms with Gasteiger partial charge in [0.1, 0.15) is 11.4 Å². The number of fused-ring (bicyclic) bond motifs is 1. The van der Waals surface area contributed by atoms with Gasteiger partial charge < -0.3 is 31.3 Å². The Hall–Kier alpha value is -3.64. The molecule has 4 rings (SSSR count). The number of ether oxygens (including phenoxy) is 1. The smallest absolute Gasteiger partial charge is 0.410 e. The number of carbonyl (C=O) groups is 3. The lowest BCUT2D eigenvalue weighted by molar-refractivity contribution is -0.121. The van der Waals surface area contributed by atoms with E-state index in [1.807, 2.05) is 44.2 Å². The molecule has 0 bridgehead atoms. The molecule has 0 radical (unpaired) electrons. The number of carbonyl (C=O) groups excluding carboxylic acids is 3. The van der Waals surface area contributed by atoms with E-state index in [4.69, 9.17) is 26.2 Å². The van der Waals surface area contributed by atoms with Crippen LogP contribution in [0.4, 0.5) is 16.6 Å². The largest absolute Gasteiger partial charge is 0.444 e. The topological polar surface area (TPSA) is 175 Å². The Morgan fingerprint density at radius 3 is 2.28 bits per heavy atom. The van der Waals surface area contributed by atoms with Gasteiger partial charge in [-0.25, -0.2) is 9.48 Å². The number of amides is 3. The Balaban J connectivity index is 1.62. The summed E-state index contributed by atoms with van der Waals surface area (Å²) in [6.07, 6.45) is 3.45. The zero-order valence-corrected chi connectivity index (χ0v) is 23.5. The molecule has 2 aliphatic heterocycles. The summed E-state index contributed by atoms with van der Waals surface area (Å²) in [4.78, 5) is 49.6. The lowest BCUT2D eigenvalue weighted by Crippen LogP contribution is -2.47. The number of nitrogens with one attached hydrogen (secondary N) is 1. The summed E-state index contributed by atoms with van der Waals surface area (Å²) in [5.74, 6) is 0.0267. The van der Waals surface area contributed by atoms with Crippen LogP contribution in [0.1, 0.15) is 66.3 Å². The van der Waals surface area contributed by atoms with Gasteiger partial charge in [-0.1, -0.05) is 0 Å². The van der Waals surface area contributed by atoms with Gasteiger partial charge in [0.25, 0.3) is 0 Å². The Labute approximate surface area is 228 Å². The molecule has 3 atom stereocenters. The van der Waals surface area contributed by atoms with Gasteiger partial charge in [0.15, 0.2) is 5.65 Å². The molecule has 13 heteroatoms. The standard InChI is InChI=1S/C26H41N9O4/c1-15(2)35-23-19(11-29-35)22(30-18-7-6-8-33(14-18)25(38)39-26(3,4)5)31-24(32-23)34-12-16(9-20(27)36)17(13-34)10-21(28)37/h11,15-18H,6-10,12-14H2,1-5H3,(H2,27,36)(H2,28,37)(H,30,31,32)/t16-,17-,18+/m1/s1. The Bertz CT molecular complexity index is 1200. The van der Waals surface area contributed by atoms with Gasteiger partial charge in [0, 0.05) is 51.1 Å². The summed E-state index contributed by atoms with van der Waals surface area (Å²) in [5, 5.41) is 8.88. The second kappa shape index (κ2) is 11.2. The average Bonchev–Trinajstić information content (AvgIpc) is 3.42. The molecule has 2 aromatic rings. The molecule has 0 saturated carbocycles. The number of nitrogens with two attached hydrogens (primary N) is 2. The second-order valence-corrected chi connectivity index (χ2v) is 12.0. The minimum atomic E-state index is -0.564. The number of nitrogens with zero attached hydrogens (tertiary/aromatic N) is 6. The van der Waals surface area contributed by atoms with Gasteiger partial charge in [-0.3, -0.25) is 9.59 Å². The molecular weight excluding hydrogens is 502 g/mol. The third kappa shape index (κ3) is 6.87. The van der Waals surface area contributed by atoms with Crippen molar-refractivity contribution in [3.05, 3.63) is 6.20 Å². The maximum absolute atomic E-state index is 12.7. The zero-order chi connectivity index (χ0) is 28.5. The van der Waals surface area contributed by atoms with Crippen molar-refractivity contribution in [3.8, 4) is 0 Å². The molecule has 5 N–H and O–H groups in total. The van der Waals surface area contributed by atoms with Gasteiger partial charge in [-0.05, 0) is 59.3 Å². The number of likely N-dealkylation sites (tertiary alicyclic amines) is 1. The molecular formula is C26H41N9O4. The number of hydrogen-bond acceptors (Lipinski definition) is 9. The van der Waals surface area contributed by atoms with Gasteiger partial charge in [0.2, 0.25) is 17.8 Å². The van der Waals surface area contributed by atoms with E-state index in [9.17, 15) is 14.4 Å². The summed E-state index contributed by atoms with van der Waals surface area (Å²) >= 11 is 0. The quantitative estimate of drug-likeness (QED) is 0.450. The molecule has 2 saturated heterocycles. The average molecular weight is 544 g/mol. The van der Waals surface area contributed by atoms with Crippen molar-refractivity contribution in [2.75, 3.05) is 36.4 Å². The Kier molecular flexibility index (Phi) is 8.17. The monoisotopic (exact) mass is 543 g/mol. The minimum absolute atomic E-state index is 0.0385. The highest BCUT2D eigenvalue weighted by Gasteiger charge is 2.36. The van der Waals surface area contributed by atoms with Crippen molar-refractivity contribution in [1.82, 2.24) is 24.6 Å². The van der Waals surface area contributed by atoms with E-state index in [1.54, 1.807) is 11.1 Å².